The zero-order chi connectivity index (χ0) is 17.6. The third kappa shape index (κ3) is 3.79. The number of nitrogens with one attached hydrogen (secondary N) is 2. The number of nitrogens with zero attached hydrogens (tertiary/aromatic N) is 2. The fourth-order valence-electron chi connectivity index (χ4n) is 3.00. The van der Waals surface area contributed by atoms with Crippen LogP contribution in [0.4, 0.5) is 0 Å². The molecule has 0 bridgehead atoms. The summed E-state index contributed by atoms with van der Waals surface area (Å²) in [5.41, 5.74) is 2.22. The average molecular weight is 338 g/mol. The molecule has 1 aromatic heterocycles. The Morgan fingerprint density at radius 3 is 2.72 bits per heavy atom. The number of amides is 2. The molecular weight excluding hydrogens is 316 g/mol. The van der Waals surface area contributed by atoms with Crippen molar-refractivity contribution in [2.75, 3.05) is 6.54 Å². The van der Waals surface area contributed by atoms with Crippen LogP contribution in [0, 0.1) is 0 Å². The van der Waals surface area contributed by atoms with Crippen LogP contribution in [-0.4, -0.2) is 27.9 Å². The second-order valence-corrected chi connectivity index (χ2v) is 6.01. The van der Waals surface area contributed by atoms with Crippen LogP contribution in [0.1, 0.15) is 45.2 Å². The molecule has 0 fully saturated rings. The summed E-state index contributed by atoms with van der Waals surface area (Å²) >= 11 is 0. The molecule has 6 heteroatoms. The molecule has 2 heterocycles. The van der Waals surface area contributed by atoms with Crippen molar-refractivity contribution in [3.63, 3.8) is 0 Å². The molecule has 3 rings (SSSR count). The van der Waals surface area contributed by atoms with Crippen molar-refractivity contribution in [2.45, 2.75) is 32.4 Å². The Morgan fingerprint density at radius 2 is 1.96 bits per heavy atom. The highest BCUT2D eigenvalue weighted by molar-refractivity contribution is 5.97. The lowest BCUT2D eigenvalue weighted by Crippen LogP contribution is -2.27. The van der Waals surface area contributed by atoms with Gasteiger partial charge in [-0.1, -0.05) is 36.4 Å². The van der Waals surface area contributed by atoms with E-state index in [9.17, 15) is 9.59 Å². The van der Waals surface area contributed by atoms with Crippen molar-refractivity contribution in [3.05, 3.63) is 65.8 Å². The van der Waals surface area contributed by atoms with Crippen molar-refractivity contribution < 1.29 is 9.59 Å². The van der Waals surface area contributed by atoms with E-state index < -0.39 is 0 Å². The quantitative estimate of drug-likeness (QED) is 0.792. The Labute approximate surface area is 147 Å². The standard InChI is InChI=1S/C19H22N4O2/c1-2-11-20-18(24)16-15-10-6-7-12-23(15)17(22-16)19(25)21-13-14-8-4-3-5-9-14/h2-5,8-9H,1,6-7,10-13H2,(H,20,24)(H,21,25). The van der Waals surface area contributed by atoms with Crippen LogP contribution < -0.4 is 10.6 Å². The van der Waals surface area contributed by atoms with Crippen molar-refractivity contribution in [1.29, 1.82) is 0 Å². The van der Waals surface area contributed by atoms with Crippen molar-refractivity contribution in [3.8, 4) is 0 Å². The lowest BCUT2D eigenvalue weighted by molar-refractivity contribution is 0.0935. The fourth-order valence-corrected chi connectivity index (χ4v) is 3.00. The van der Waals surface area contributed by atoms with Crippen molar-refractivity contribution in [1.82, 2.24) is 20.2 Å². The number of hydrogen-bond acceptors (Lipinski definition) is 3. The smallest absolute Gasteiger partial charge is 0.287 e. The average Bonchev–Trinajstić information content (AvgIpc) is 3.05. The minimum absolute atomic E-state index is 0.255. The Kier molecular flexibility index (Phi) is 5.28. The van der Waals surface area contributed by atoms with E-state index in [0.717, 1.165) is 30.5 Å². The van der Waals surface area contributed by atoms with Crippen LogP contribution in [0.3, 0.4) is 0 Å². The topological polar surface area (TPSA) is 76.0 Å². The van der Waals surface area contributed by atoms with Gasteiger partial charge in [-0.25, -0.2) is 4.98 Å². The molecule has 2 aromatic rings. The summed E-state index contributed by atoms with van der Waals surface area (Å²) in [5, 5.41) is 5.63. The Morgan fingerprint density at radius 1 is 1.16 bits per heavy atom. The number of hydrogen-bond donors (Lipinski definition) is 2. The van der Waals surface area contributed by atoms with Gasteiger partial charge in [0, 0.05) is 19.6 Å². The molecule has 0 aliphatic carbocycles. The van der Waals surface area contributed by atoms with Crippen LogP contribution in [-0.2, 0) is 19.5 Å². The second kappa shape index (κ2) is 7.79. The van der Waals surface area contributed by atoms with Crippen LogP contribution in [0.15, 0.2) is 43.0 Å². The van der Waals surface area contributed by atoms with Crippen LogP contribution >= 0.6 is 0 Å². The molecule has 0 saturated carbocycles. The summed E-state index contributed by atoms with van der Waals surface area (Å²) in [7, 11) is 0. The molecular formula is C19H22N4O2. The third-order valence-corrected chi connectivity index (χ3v) is 4.24. The van der Waals surface area contributed by atoms with E-state index in [2.05, 4.69) is 22.2 Å². The van der Waals surface area contributed by atoms with Gasteiger partial charge in [-0.15, -0.1) is 6.58 Å². The van der Waals surface area contributed by atoms with E-state index in [-0.39, 0.29) is 11.8 Å². The van der Waals surface area contributed by atoms with E-state index in [4.69, 9.17) is 0 Å². The predicted molar refractivity (Wildman–Crippen MR) is 95.3 cm³/mol. The molecule has 130 valence electrons. The Bertz CT molecular complexity index is 780. The van der Waals surface area contributed by atoms with Gasteiger partial charge < -0.3 is 15.2 Å². The molecule has 1 aliphatic heterocycles. The van der Waals surface area contributed by atoms with Gasteiger partial charge in [0.2, 0.25) is 0 Å². The summed E-state index contributed by atoms with van der Waals surface area (Å²) in [4.78, 5) is 29.3. The van der Waals surface area contributed by atoms with Crippen molar-refractivity contribution in [2.24, 2.45) is 0 Å². The third-order valence-electron chi connectivity index (χ3n) is 4.24. The lowest BCUT2D eigenvalue weighted by Gasteiger charge is -2.17. The molecule has 6 nitrogen and oxygen atoms in total. The maximum absolute atomic E-state index is 12.6. The SMILES string of the molecule is C=CCNC(=O)c1nc(C(=O)NCc2ccccc2)n2c1CCCC2. The van der Waals surface area contributed by atoms with Gasteiger partial charge >= 0.3 is 0 Å². The minimum atomic E-state index is -0.257. The largest absolute Gasteiger partial charge is 0.347 e. The Hall–Kier alpha value is -2.89. The summed E-state index contributed by atoms with van der Waals surface area (Å²) in [6, 6.07) is 9.71. The van der Waals surface area contributed by atoms with Crippen molar-refractivity contribution >= 4 is 11.8 Å². The first-order chi connectivity index (χ1) is 12.2. The first-order valence-electron chi connectivity index (χ1n) is 8.51. The number of carbonyl (C=O) groups is 2. The normalized spacial score (nSPS) is 13.0. The van der Waals surface area contributed by atoms with E-state index in [1.54, 1.807) is 6.08 Å². The minimum Gasteiger partial charge on any atom is -0.347 e. The number of aromatic nitrogens is 2. The Balaban J connectivity index is 1.80. The zero-order valence-corrected chi connectivity index (χ0v) is 14.1. The highest BCUT2D eigenvalue weighted by Gasteiger charge is 2.27. The molecule has 0 saturated heterocycles. The molecule has 1 aromatic carbocycles. The number of carbonyl (C=O) groups excluding carboxylic acids is 2. The monoisotopic (exact) mass is 338 g/mol. The first kappa shape index (κ1) is 17.0. The molecule has 0 radical (unpaired) electrons. The number of imidazole rings is 1. The van der Waals surface area contributed by atoms with Gasteiger partial charge in [-0.05, 0) is 24.8 Å². The highest BCUT2D eigenvalue weighted by Crippen LogP contribution is 2.21. The molecule has 25 heavy (non-hydrogen) atoms. The maximum atomic E-state index is 12.6. The van der Waals surface area contributed by atoms with Gasteiger partial charge in [0.25, 0.3) is 11.8 Å². The maximum Gasteiger partial charge on any atom is 0.287 e. The molecule has 1 aliphatic rings. The van der Waals surface area contributed by atoms with Gasteiger partial charge in [-0.3, -0.25) is 9.59 Å². The number of benzene rings is 1. The van der Waals surface area contributed by atoms with E-state index >= 15 is 0 Å². The van der Waals surface area contributed by atoms with Crippen LogP contribution in [0.5, 0.6) is 0 Å². The second-order valence-electron chi connectivity index (χ2n) is 6.01. The van der Waals surface area contributed by atoms with Gasteiger partial charge in [0.1, 0.15) is 5.69 Å². The molecule has 2 N–H and O–H groups in total. The van der Waals surface area contributed by atoms with E-state index in [1.165, 1.54) is 0 Å². The highest BCUT2D eigenvalue weighted by atomic mass is 16.2. The summed E-state index contributed by atoms with van der Waals surface area (Å²) < 4.78 is 1.88. The zero-order valence-electron chi connectivity index (χ0n) is 14.1. The number of fused-ring (bicyclic) bond motifs is 1. The first-order valence-corrected chi connectivity index (χ1v) is 8.51. The van der Waals surface area contributed by atoms with E-state index in [1.807, 2.05) is 34.9 Å². The van der Waals surface area contributed by atoms with E-state index in [0.29, 0.717) is 31.2 Å². The predicted octanol–water partition coefficient (Wildman–Crippen LogP) is 2.07. The van der Waals surface area contributed by atoms with Gasteiger partial charge in [0.15, 0.2) is 5.82 Å². The molecule has 2 amide bonds. The molecule has 0 atom stereocenters. The molecule has 0 spiro atoms. The summed E-state index contributed by atoms with van der Waals surface area (Å²) in [6.07, 6.45) is 4.36. The fraction of sp³-hybridized carbons (Fsp3) is 0.316. The van der Waals surface area contributed by atoms with Crippen LogP contribution in [0.25, 0.3) is 0 Å². The lowest BCUT2D eigenvalue weighted by atomic mass is 10.1. The van der Waals surface area contributed by atoms with Gasteiger partial charge in [-0.2, -0.15) is 0 Å². The summed E-state index contributed by atoms with van der Waals surface area (Å²) in [6.45, 7) is 5.12. The number of rotatable bonds is 6. The van der Waals surface area contributed by atoms with Gasteiger partial charge in [0.05, 0.1) is 5.69 Å². The summed E-state index contributed by atoms with van der Waals surface area (Å²) in [5.74, 6) is -0.197. The molecule has 0 unspecified atom stereocenters. The van der Waals surface area contributed by atoms with Crippen LogP contribution in [0.2, 0.25) is 0 Å².